The SMILES string of the molecule is O=C(NCC(=O)N1CCCC1c1ccccc1)c1cccc(Cl)c1. The van der Waals surface area contributed by atoms with Crippen LogP contribution >= 0.6 is 11.6 Å². The van der Waals surface area contributed by atoms with Crippen molar-refractivity contribution in [3.05, 3.63) is 70.7 Å². The van der Waals surface area contributed by atoms with Crippen LogP contribution in [0.5, 0.6) is 0 Å². The van der Waals surface area contributed by atoms with Gasteiger partial charge in [0.15, 0.2) is 0 Å². The summed E-state index contributed by atoms with van der Waals surface area (Å²) >= 11 is 5.89. The van der Waals surface area contributed by atoms with Crippen molar-refractivity contribution in [3.8, 4) is 0 Å². The highest BCUT2D eigenvalue weighted by molar-refractivity contribution is 6.30. The number of carbonyl (C=O) groups is 2. The minimum Gasteiger partial charge on any atom is -0.343 e. The van der Waals surface area contributed by atoms with Crippen molar-refractivity contribution in [1.29, 1.82) is 0 Å². The molecule has 1 aliphatic heterocycles. The average molecular weight is 343 g/mol. The molecule has 2 aromatic rings. The Hall–Kier alpha value is -2.33. The second-order valence-corrected chi connectivity index (χ2v) is 6.29. The average Bonchev–Trinajstić information content (AvgIpc) is 3.10. The van der Waals surface area contributed by atoms with E-state index in [0.717, 1.165) is 24.9 Å². The molecule has 1 N–H and O–H groups in total. The molecule has 0 saturated carbocycles. The van der Waals surface area contributed by atoms with E-state index in [2.05, 4.69) is 5.32 Å². The first-order valence-electron chi connectivity index (χ1n) is 8.03. The number of hydrogen-bond donors (Lipinski definition) is 1. The summed E-state index contributed by atoms with van der Waals surface area (Å²) in [5.74, 6) is -0.349. The fourth-order valence-corrected chi connectivity index (χ4v) is 3.27. The van der Waals surface area contributed by atoms with Gasteiger partial charge in [-0.15, -0.1) is 0 Å². The summed E-state index contributed by atoms with van der Waals surface area (Å²) in [6.07, 6.45) is 1.94. The highest BCUT2D eigenvalue weighted by atomic mass is 35.5. The van der Waals surface area contributed by atoms with Crippen molar-refractivity contribution in [3.63, 3.8) is 0 Å². The predicted octanol–water partition coefficient (Wildman–Crippen LogP) is 3.43. The lowest BCUT2D eigenvalue weighted by atomic mass is 10.0. The van der Waals surface area contributed by atoms with Crippen LogP contribution in [0.1, 0.15) is 34.8 Å². The molecule has 0 aromatic heterocycles. The van der Waals surface area contributed by atoms with Gasteiger partial charge < -0.3 is 10.2 Å². The maximum Gasteiger partial charge on any atom is 0.251 e. The van der Waals surface area contributed by atoms with E-state index in [9.17, 15) is 9.59 Å². The normalized spacial score (nSPS) is 16.9. The molecular formula is C19H19ClN2O2. The molecule has 1 heterocycles. The molecule has 2 amide bonds. The molecule has 4 nitrogen and oxygen atoms in total. The number of amides is 2. The first-order valence-corrected chi connectivity index (χ1v) is 8.41. The Morgan fingerprint density at radius 2 is 1.92 bits per heavy atom. The maximum absolute atomic E-state index is 12.5. The van der Waals surface area contributed by atoms with Crippen LogP contribution < -0.4 is 5.32 Å². The number of likely N-dealkylation sites (tertiary alicyclic amines) is 1. The maximum atomic E-state index is 12.5. The summed E-state index contributed by atoms with van der Waals surface area (Å²) in [5, 5.41) is 3.18. The number of nitrogens with zero attached hydrogens (tertiary/aromatic N) is 1. The molecule has 24 heavy (non-hydrogen) atoms. The second kappa shape index (κ2) is 7.49. The molecule has 0 radical (unpaired) electrons. The first kappa shape index (κ1) is 16.5. The highest BCUT2D eigenvalue weighted by Gasteiger charge is 2.29. The molecule has 3 rings (SSSR count). The number of carbonyl (C=O) groups excluding carboxylic acids is 2. The molecule has 0 bridgehead atoms. The smallest absolute Gasteiger partial charge is 0.251 e. The van der Waals surface area contributed by atoms with Gasteiger partial charge in [0, 0.05) is 17.1 Å². The van der Waals surface area contributed by atoms with Crippen molar-refractivity contribution in [2.24, 2.45) is 0 Å². The quantitative estimate of drug-likeness (QED) is 0.925. The van der Waals surface area contributed by atoms with Gasteiger partial charge in [0.25, 0.3) is 5.91 Å². The molecule has 124 valence electrons. The number of rotatable bonds is 4. The van der Waals surface area contributed by atoms with Gasteiger partial charge in [-0.1, -0.05) is 48.0 Å². The van der Waals surface area contributed by atoms with Crippen molar-refractivity contribution in [2.75, 3.05) is 13.1 Å². The zero-order valence-corrected chi connectivity index (χ0v) is 14.0. The fourth-order valence-electron chi connectivity index (χ4n) is 3.08. The zero-order valence-electron chi connectivity index (χ0n) is 13.2. The molecule has 1 aliphatic rings. The van der Waals surface area contributed by atoms with Gasteiger partial charge in [0.1, 0.15) is 0 Å². The van der Waals surface area contributed by atoms with Crippen LogP contribution in [0.2, 0.25) is 5.02 Å². The topological polar surface area (TPSA) is 49.4 Å². The summed E-state index contributed by atoms with van der Waals surface area (Å²) in [6, 6.07) is 16.8. The van der Waals surface area contributed by atoms with Crippen LogP contribution in [0.3, 0.4) is 0 Å². The van der Waals surface area contributed by atoms with Gasteiger partial charge in [-0.2, -0.15) is 0 Å². The first-order chi connectivity index (χ1) is 11.6. The molecule has 2 aromatic carbocycles. The van der Waals surface area contributed by atoms with Gasteiger partial charge in [0.2, 0.25) is 5.91 Å². The van der Waals surface area contributed by atoms with E-state index in [1.54, 1.807) is 24.3 Å². The van der Waals surface area contributed by atoms with Crippen LogP contribution in [0.4, 0.5) is 0 Å². The van der Waals surface area contributed by atoms with Crippen molar-refractivity contribution >= 4 is 23.4 Å². The monoisotopic (exact) mass is 342 g/mol. The lowest BCUT2D eigenvalue weighted by Crippen LogP contribution is -2.39. The second-order valence-electron chi connectivity index (χ2n) is 5.85. The third-order valence-corrected chi connectivity index (χ3v) is 4.48. The number of hydrogen-bond acceptors (Lipinski definition) is 2. The Bertz CT molecular complexity index is 733. The third-order valence-electron chi connectivity index (χ3n) is 4.24. The van der Waals surface area contributed by atoms with Gasteiger partial charge in [-0.25, -0.2) is 0 Å². The van der Waals surface area contributed by atoms with Crippen LogP contribution in [0.25, 0.3) is 0 Å². The molecule has 0 spiro atoms. The minimum absolute atomic E-state index is 0.00528. The van der Waals surface area contributed by atoms with Gasteiger partial charge in [-0.3, -0.25) is 9.59 Å². The van der Waals surface area contributed by atoms with E-state index in [4.69, 9.17) is 11.6 Å². The standard InChI is InChI=1S/C19H19ClN2O2/c20-16-9-4-8-15(12-16)19(24)21-13-18(23)22-11-5-10-17(22)14-6-2-1-3-7-14/h1-4,6-9,12,17H,5,10-11,13H2,(H,21,24). The van der Waals surface area contributed by atoms with Gasteiger partial charge in [-0.05, 0) is 36.6 Å². The summed E-state index contributed by atoms with van der Waals surface area (Å²) in [5.41, 5.74) is 1.60. The van der Waals surface area contributed by atoms with Gasteiger partial charge in [0.05, 0.1) is 12.6 Å². The molecule has 5 heteroatoms. The Labute approximate surface area is 146 Å². The largest absolute Gasteiger partial charge is 0.343 e. The zero-order chi connectivity index (χ0) is 16.9. The van der Waals surface area contributed by atoms with Crippen LogP contribution in [-0.2, 0) is 4.79 Å². The molecule has 1 fully saturated rings. The van der Waals surface area contributed by atoms with Crippen molar-refractivity contribution in [1.82, 2.24) is 10.2 Å². The molecular weight excluding hydrogens is 324 g/mol. The minimum atomic E-state index is -0.290. The molecule has 1 atom stereocenters. The summed E-state index contributed by atoms with van der Waals surface area (Å²) < 4.78 is 0. The molecule has 1 unspecified atom stereocenters. The van der Waals surface area contributed by atoms with Crippen LogP contribution in [0.15, 0.2) is 54.6 Å². The molecule has 1 saturated heterocycles. The van der Waals surface area contributed by atoms with Gasteiger partial charge >= 0.3 is 0 Å². The number of nitrogens with one attached hydrogen (secondary N) is 1. The van der Waals surface area contributed by atoms with E-state index in [1.165, 1.54) is 0 Å². The Morgan fingerprint density at radius 1 is 1.12 bits per heavy atom. The van der Waals surface area contributed by atoms with Crippen LogP contribution in [-0.4, -0.2) is 29.8 Å². The van der Waals surface area contributed by atoms with E-state index in [0.29, 0.717) is 10.6 Å². The van der Waals surface area contributed by atoms with E-state index in [1.807, 2.05) is 35.2 Å². The summed E-state index contributed by atoms with van der Waals surface area (Å²) in [6.45, 7) is 0.722. The van der Waals surface area contributed by atoms with E-state index < -0.39 is 0 Å². The Balaban J connectivity index is 1.61. The number of halogens is 1. The van der Waals surface area contributed by atoms with E-state index >= 15 is 0 Å². The lowest BCUT2D eigenvalue weighted by Gasteiger charge is -2.25. The number of benzene rings is 2. The lowest BCUT2D eigenvalue weighted by molar-refractivity contribution is -0.131. The van der Waals surface area contributed by atoms with Crippen molar-refractivity contribution in [2.45, 2.75) is 18.9 Å². The molecule has 0 aliphatic carbocycles. The Morgan fingerprint density at radius 3 is 2.67 bits per heavy atom. The Kier molecular flexibility index (Phi) is 5.16. The summed E-state index contributed by atoms with van der Waals surface area (Å²) in [7, 11) is 0. The van der Waals surface area contributed by atoms with E-state index in [-0.39, 0.29) is 24.4 Å². The highest BCUT2D eigenvalue weighted by Crippen LogP contribution is 2.31. The summed E-state index contributed by atoms with van der Waals surface area (Å²) in [4.78, 5) is 26.5. The fraction of sp³-hybridized carbons (Fsp3) is 0.263. The van der Waals surface area contributed by atoms with Crippen LogP contribution in [0, 0.1) is 0 Å². The predicted molar refractivity (Wildman–Crippen MR) is 93.9 cm³/mol. The third kappa shape index (κ3) is 3.77. The van der Waals surface area contributed by atoms with Crippen molar-refractivity contribution < 1.29 is 9.59 Å².